The van der Waals surface area contributed by atoms with E-state index in [0.717, 1.165) is 6.42 Å². The number of rotatable bonds is 4. The van der Waals surface area contributed by atoms with Gasteiger partial charge in [0.2, 0.25) is 5.89 Å². The first-order valence-corrected chi connectivity index (χ1v) is 4.97. The number of nitrogens with two attached hydrogens (primary N) is 1. The highest BCUT2D eigenvalue weighted by Crippen LogP contribution is 2.17. The van der Waals surface area contributed by atoms with Gasteiger partial charge in [0.25, 0.3) is 5.91 Å². The molecular weight excluding hydrogens is 194 g/mol. The zero-order chi connectivity index (χ0) is 11.4. The van der Waals surface area contributed by atoms with E-state index in [2.05, 4.69) is 24.1 Å². The van der Waals surface area contributed by atoms with Crippen LogP contribution in [-0.4, -0.2) is 17.9 Å². The molecule has 0 aromatic carbocycles. The van der Waals surface area contributed by atoms with E-state index in [1.807, 2.05) is 0 Å². The van der Waals surface area contributed by atoms with Gasteiger partial charge in [-0.3, -0.25) is 4.79 Å². The zero-order valence-corrected chi connectivity index (χ0v) is 9.28. The van der Waals surface area contributed by atoms with Crippen molar-refractivity contribution in [3.8, 4) is 0 Å². The van der Waals surface area contributed by atoms with Gasteiger partial charge in [0.05, 0.1) is 6.04 Å². The number of amides is 1. The van der Waals surface area contributed by atoms with E-state index in [-0.39, 0.29) is 17.6 Å². The summed E-state index contributed by atoms with van der Waals surface area (Å²) in [4.78, 5) is 15.2. The minimum atomic E-state index is -0.262. The highest BCUT2D eigenvalue weighted by Gasteiger charge is 2.16. The summed E-state index contributed by atoms with van der Waals surface area (Å²) in [6, 6.07) is -0.247. The van der Waals surface area contributed by atoms with E-state index in [9.17, 15) is 4.79 Å². The molecule has 1 amide bonds. The van der Waals surface area contributed by atoms with Crippen LogP contribution >= 0.6 is 0 Å². The fourth-order valence-corrected chi connectivity index (χ4v) is 1.30. The lowest BCUT2D eigenvalue weighted by Crippen LogP contribution is -2.19. The third-order valence-corrected chi connectivity index (χ3v) is 2.02. The summed E-state index contributed by atoms with van der Waals surface area (Å²) in [5.41, 5.74) is 6.13. The Labute approximate surface area is 89.1 Å². The number of carbonyl (C=O) groups excluding carboxylic acids is 1. The largest absolute Gasteiger partial charge is 0.446 e. The number of nitrogens with one attached hydrogen (secondary N) is 1. The molecular formula is C10H17N3O2. The summed E-state index contributed by atoms with van der Waals surface area (Å²) in [6.45, 7) is 4.14. The van der Waals surface area contributed by atoms with Crippen LogP contribution in [0.2, 0.25) is 0 Å². The van der Waals surface area contributed by atoms with Gasteiger partial charge in [0, 0.05) is 7.05 Å². The molecule has 5 nitrogen and oxygen atoms in total. The number of aromatic nitrogens is 1. The molecule has 0 saturated heterocycles. The highest BCUT2D eigenvalue weighted by atomic mass is 16.3. The quantitative estimate of drug-likeness (QED) is 0.780. The number of oxazole rings is 1. The maximum Gasteiger partial charge on any atom is 0.272 e. The first kappa shape index (κ1) is 11.7. The van der Waals surface area contributed by atoms with E-state index in [1.165, 1.54) is 6.26 Å². The molecule has 3 N–H and O–H groups in total. The topological polar surface area (TPSA) is 81.2 Å². The normalized spacial score (nSPS) is 12.9. The maximum atomic E-state index is 11.2. The molecule has 0 saturated carbocycles. The maximum absolute atomic E-state index is 11.2. The zero-order valence-electron chi connectivity index (χ0n) is 9.28. The van der Waals surface area contributed by atoms with Gasteiger partial charge in [-0.15, -0.1) is 0 Å². The van der Waals surface area contributed by atoms with E-state index in [4.69, 9.17) is 10.2 Å². The summed E-state index contributed by atoms with van der Waals surface area (Å²) in [5, 5.41) is 2.47. The van der Waals surface area contributed by atoms with Crippen LogP contribution in [0.3, 0.4) is 0 Å². The van der Waals surface area contributed by atoms with Crippen LogP contribution < -0.4 is 11.1 Å². The molecule has 0 bridgehead atoms. The summed E-state index contributed by atoms with van der Waals surface area (Å²) in [6.07, 6.45) is 2.11. The summed E-state index contributed by atoms with van der Waals surface area (Å²) >= 11 is 0. The van der Waals surface area contributed by atoms with Gasteiger partial charge in [0.15, 0.2) is 5.69 Å². The van der Waals surface area contributed by atoms with E-state index in [1.54, 1.807) is 7.05 Å². The van der Waals surface area contributed by atoms with E-state index >= 15 is 0 Å². The lowest BCUT2D eigenvalue weighted by atomic mass is 10.0. The summed E-state index contributed by atoms with van der Waals surface area (Å²) in [5.74, 6) is 0.624. The van der Waals surface area contributed by atoms with Crippen molar-refractivity contribution in [3.05, 3.63) is 17.8 Å². The van der Waals surface area contributed by atoms with E-state index in [0.29, 0.717) is 11.8 Å². The number of nitrogens with zero attached hydrogens (tertiary/aromatic N) is 1. The Morgan fingerprint density at radius 1 is 1.67 bits per heavy atom. The van der Waals surface area contributed by atoms with Gasteiger partial charge < -0.3 is 15.5 Å². The lowest BCUT2D eigenvalue weighted by Gasteiger charge is -2.09. The molecule has 0 aliphatic heterocycles. The number of hydrogen-bond donors (Lipinski definition) is 2. The Morgan fingerprint density at radius 3 is 2.87 bits per heavy atom. The molecule has 1 aromatic heterocycles. The van der Waals surface area contributed by atoms with Crippen LogP contribution in [0.4, 0.5) is 0 Å². The molecule has 1 aromatic rings. The average molecular weight is 211 g/mol. The van der Waals surface area contributed by atoms with Crippen molar-refractivity contribution in [1.29, 1.82) is 0 Å². The molecule has 15 heavy (non-hydrogen) atoms. The van der Waals surface area contributed by atoms with Gasteiger partial charge >= 0.3 is 0 Å². The van der Waals surface area contributed by atoms with Gasteiger partial charge in [-0.1, -0.05) is 13.8 Å². The second kappa shape index (κ2) is 4.93. The van der Waals surface area contributed by atoms with Gasteiger partial charge in [-0.2, -0.15) is 0 Å². The monoisotopic (exact) mass is 211 g/mol. The fourth-order valence-electron chi connectivity index (χ4n) is 1.30. The van der Waals surface area contributed by atoms with Gasteiger partial charge in [0.1, 0.15) is 6.26 Å². The van der Waals surface area contributed by atoms with Gasteiger partial charge in [-0.05, 0) is 12.3 Å². The molecule has 1 atom stereocenters. The van der Waals surface area contributed by atoms with E-state index < -0.39 is 0 Å². The first-order valence-electron chi connectivity index (χ1n) is 4.97. The second-order valence-corrected chi connectivity index (χ2v) is 3.89. The molecule has 1 rings (SSSR count). The predicted molar refractivity (Wildman–Crippen MR) is 56.3 cm³/mol. The van der Waals surface area contributed by atoms with Crippen LogP contribution in [0.5, 0.6) is 0 Å². The van der Waals surface area contributed by atoms with Crippen LogP contribution in [0.1, 0.15) is 42.7 Å². The van der Waals surface area contributed by atoms with Crippen LogP contribution in [0.25, 0.3) is 0 Å². The Kier molecular flexibility index (Phi) is 3.85. The standard InChI is InChI=1S/C10H17N3O2/c1-6(2)4-7(11)10-13-8(5-15-10)9(14)12-3/h5-7H,4,11H2,1-3H3,(H,12,14). The van der Waals surface area contributed by atoms with Gasteiger partial charge in [-0.25, -0.2) is 4.98 Å². The van der Waals surface area contributed by atoms with Crippen molar-refractivity contribution < 1.29 is 9.21 Å². The molecule has 5 heteroatoms. The Morgan fingerprint density at radius 2 is 2.33 bits per heavy atom. The van der Waals surface area contributed by atoms with Crippen molar-refractivity contribution in [3.63, 3.8) is 0 Å². The van der Waals surface area contributed by atoms with Crippen molar-refractivity contribution in [2.75, 3.05) is 7.05 Å². The van der Waals surface area contributed by atoms with Crippen molar-refractivity contribution in [2.24, 2.45) is 11.7 Å². The minimum absolute atomic E-state index is 0.247. The SMILES string of the molecule is CNC(=O)c1coc(C(N)CC(C)C)n1. The summed E-state index contributed by atoms with van der Waals surface area (Å²) in [7, 11) is 1.55. The lowest BCUT2D eigenvalue weighted by molar-refractivity contribution is 0.0958. The molecule has 0 radical (unpaired) electrons. The van der Waals surface area contributed by atoms with Crippen molar-refractivity contribution in [2.45, 2.75) is 26.3 Å². The Hall–Kier alpha value is -1.36. The Balaban J connectivity index is 2.71. The molecule has 0 aliphatic rings. The summed E-state index contributed by atoms with van der Waals surface area (Å²) < 4.78 is 5.15. The number of carbonyl (C=O) groups is 1. The third-order valence-electron chi connectivity index (χ3n) is 2.02. The average Bonchev–Trinajstić information content (AvgIpc) is 2.64. The van der Waals surface area contributed by atoms with Crippen LogP contribution in [0, 0.1) is 5.92 Å². The smallest absolute Gasteiger partial charge is 0.272 e. The van der Waals surface area contributed by atoms with Crippen LogP contribution in [-0.2, 0) is 0 Å². The van der Waals surface area contributed by atoms with Crippen molar-refractivity contribution in [1.82, 2.24) is 10.3 Å². The highest BCUT2D eigenvalue weighted by molar-refractivity contribution is 5.91. The first-order chi connectivity index (χ1) is 7.04. The minimum Gasteiger partial charge on any atom is -0.446 e. The van der Waals surface area contributed by atoms with Crippen LogP contribution in [0.15, 0.2) is 10.7 Å². The molecule has 0 aliphatic carbocycles. The molecule has 1 heterocycles. The van der Waals surface area contributed by atoms with Crippen molar-refractivity contribution >= 4 is 5.91 Å². The third kappa shape index (κ3) is 3.06. The molecule has 1 unspecified atom stereocenters. The Bertz CT molecular complexity index is 333. The second-order valence-electron chi connectivity index (χ2n) is 3.89. The predicted octanol–water partition coefficient (Wildman–Crippen LogP) is 1.08. The molecule has 0 spiro atoms. The fraction of sp³-hybridized carbons (Fsp3) is 0.600. The molecule has 84 valence electrons. The number of hydrogen-bond acceptors (Lipinski definition) is 4. The molecule has 0 fully saturated rings.